The van der Waals surface area contributed by atoms with Gasteiger partial charge in [0.1, 0.15) is 0 Å². The predicted molar refractivity (Wildman–Crippen MR) is 48.1 cm³/mol. The largest absolute Gasteiger partial charge is 0.481 e. The van der Waals surface area contributed by atoms with E-state index in [0.717, 1.165) is 0 Å². The van der Waals surface area contributed by atoms with Crippen LogP contribution in [0, 0.1) is 0 Å². The average Bonchev–Trinajstić information content (AvgIpc) is 1.81. The van der Waals surface area contributed by atoms with Crippen LogP contribution in [0.1, 0.15) is 6.42 Å². The van der Waals surface area contributed by atoms with Crippen molar-refractivity contribution in [2.75, 3.05) is 27.7 Å². The number of rotatable bonds is 5. The van der Waals surface area contributed by atoms with Crippen molar-refractivity contribution in [3.8, 4) is 0 Å². The molecule has 0 rings (SSSR count). The minimum atomic E-state index is -0.939. The first kappa shape index (κ1) is 11.7. The van der Waals surface area contributed by atoms with Crippen molar-refractivity contribution in [3.05, 3.63) is 10.4 Å². The zero-order valence-corrected chi connectivity index (χ0v) is 8.14. The summed E-state index contributed by atoms with van der Waals surface area (Å²) in [4.78, 5) is 13.0. The summed E-state index contributed by atoms with van der Waals surface area (Å²) in [5.41, 5.74) is 8.20. The third-order valence-corrected chi connectivity index (χ3v) is 1.38. The molecule has 0 heterocycles. The standard InChI is InChI=1S/C7H14N4O2/c1-11(2,3)5-6(9-10-8)4-7(12)13/h6H,4-5H2,1-3H3/p+1/t6-/m1/s1. The molecule has 0 aliphatic rings. The van der Waals surface area contributed by atoms with Crippen LogP contribution in [0.15, 0.2) is 5.11 Å². The van der Waals surface area contributed by atoms with Crippen molar-refractivity contribution in [3.63, 3.8) is 0 Å². The molecule has 0 bridgehead atoms. The molecule has 0 fully saturated rings. The van der Waals surface area contributed by atoms with Gasteiger partial charge in [0.15, 0.2) is 0 Å². The molecule has 0 aromatic rings. The van der Waals surface area contributed by atoms with Crippen LogP contribution < -0.4 is 0 Å². The summed E-state index contributed by atoms with van der Waals surface area (Å²) in [5, 5.41) is 12.0. The minimum absolute atomic E-state index is 0.112. The van der Waals surface area contributed by atoms with Gasteiger partial charge in [-0.25, -0.2) is 0 Å². The summed E-state index contributed by atoms with van der Waals surface area (Å²) in [5.74, 6) is -0.939. The van der Waals surface area contributed by atoms with Crippen LogP contribution in [-0.2, 0) is 4.79 Å². The fourth-order valence-electron chi connectivity index (χ4n) is 1.05. The molecule has 0 aromatic heterocycles. The minimum Gasteiger partial charge on any atom is -0.481 e. The second-order valence-electron chi connectivity index (χ2n) is 3.93. The van der Waals surface area contributed by atoms with Gasteiger partial charge in [-0.3, -0.25) is 4.79 Å². The maximum Gasteiger partial charge on any atom is 0.303 e. The van der Waals surface area contributed by atoms with E-state index >= 15 is 0 Å². The maximum absolute atomic E-state index is 10.4. The van der Waals surface area contributed by atoms with E-state index in [4.69, 9.17) is 10.6 Å². The molecule has 0 radical (unpaired) electrons. The Kier molecular flexibility index (Phi) is 4.23. The molecular formula is C7H15N4O2+. The Morgan fingerprint density at radius 2 is 2.15 bits per heavy atom. The number of nitrogens with zero attached hydrogens (tertiary/aromatic N) is 4. The number of aliphatic carboxylic acids is 1. The van der Waals surface area contributed by atoms with Crippen molar-refractivity contribution in [1.29, 1.82) is 0 Å². The number of carboxylic acid groups (broad SMARTS) is 1. The van der Waals surface area contributed by atoms with Gasteiger partial charge in [0.2, 0.25) is 0 Å². The lowest BCUT2D eigenvalue weighted by Gasteiger charge is -2.26. The van der Waals surface area contributed by atoms with E-state index in [2.05, 4.69) is 10.0 Å². The summed E-state index contributed by atoms with van der Waals surface area (Å²) < 4.78 is 0.580. The van der Waals surface area contributed by atoms with Gasteiger partial charge >= 0.3 is 5.97 Å². The van der Waals surface area contributed by atoms with Gasteiger partial charge in [0.05, 0.1) is 40.2 Å². The third-order valence-electron chi connectivity index (χ3n) is 1.38. The van der Waals surface area contributed by atoms with Crippen LogP contribution in [0.4, 0.5) is 0 Å². The molecule has 1 atom stereocenters. The van der Waals surface area contributed by atoms with E-state index in [1.807, 2.05) is 21.1 Å². The van der Waals surface area contributed by atoms with Gasteiger partial charge < -0.3 is 9.59 Å². The lowest BCUT2D eigenvalue weighted by molar-refractivity contribution is -0.871. The van der Waals surface area contributed by atoms with Crippen LogP contribution in [0.5, 0.6) is 0 Å². The van der Waals surface area contributed by atoms with E-state index in [-0.39, 0.29) is 6.42 Å². The van der Waals surface area contributed by atoms with E-state index in [1.54, 1.807) is 0 Å². The Morgan fingerprint density at radius 1 is 1.62 bits per heavy atom. The Bertz CT molecular complexity index is 227. The van der Waals surface area contributed by atoms with Crippen molar-refractivity contribution in [2.45, 2.75) is 12.5 Å². The first-order valence-corrected chi connectivity index (χ1v) is 3.91. The van der Waals surface area contributed by atoms with Gasteiger partial charge in [-0.05, 0) is 5.53 Å². The molecule has 0 aromatic carbocycles. The molecule has 6 heteroatoms. The van der Waals surface area contributed by atoms with E-state index in [1.165, 1.54) is 0 Å². The molecule has 0 unspecified atom stereocenters. The number of carboxylic acids is 1. The van der Waals surface area contributed by atoms with Crippen molar-refractivity contribution in [2.24, 2.45) is 5.11 Å². The summed E-state index contributed by atoms with van der Waals surface area (Å²) in [6, 6.07) is -0.470. The van der Waals surface area contributed by atoms with Crippen molar-refractivity contribution in [1.82, 2.24) is 0 Å². The SMILES string of the molecule is C[N+](C)(C)C[C@@H](CC(=O)O)N=[N+]=[N-]. The summed E-state index contributed by atoms with van der Waals surface area (Å²) in [6.45, 7) is 0.524. The van der Waals surface area contributed by atoms with Crippen molar-refractivity contribution >= 4 is 5.97 Å². The molecule has 0 amide bonds. The molecule has 0 aliphatic heterocycles. The van der Waals surface area contributed by atoms with Crippen LogP contribution >= 0.6 is 0 Å². The van der Waals surface area contributed by atoms with Gasteiger partial charge in [0.25, 0.3) is 0 Å². The number of azide groups is 1. The van der Waals surface area contributed by atoms with E-state index in [9.17, 15) is 4.79 Å². The Morgan fingerprint density at radius 3 is 2.46 bits per heavy atom. The molecule has 0 saturated carbocycles. The molecule has 0 spiro atoms. The second-order valence-corrected chi connectivity index (χ2v) is 3.93. The zero-order chi connectivity index (χ0) is 10.5. The summed E-state index contributed by atoms with van der Waals surface area (Å²) in [7, 11) is 5.76. The monoisotopic (exact) mass is 187 g/mol. The molecule has 6 nitrogen and oxygen atoms in total. The highest BCUT2D eigenvalue weighted by Crippen LogP contribution is 2.04. The number of likely N-dealkylation sites (N-methyl/N-ethyl adjacent to an activating group) is 1. The zero-order valence-electron chi connectivity index (χ0n) is 8.14. The summed E-state index contributed by atoms with van der Waals surface area (Å²) >= 11 is 0. The fraction of sp³-hybridized carbons (Fsp3) is 0.857. The number of carbonyl (C=O) groups is 1. The predicted octanol–water partition coefficient (Wildman–Crippen LogP) is 0.846. The Balaban J connectivity index is 4.26. The van der Waals surface area contributed by atoms with Crippen LogP contribution in [0.3, 0.4) is 0 Å². The van der Waals surface area contributed by atoms with E-state index in [0.29, 0.717) is 11.0 Å². The first-order valence-electron chi connectivity index (χ1n) is 3.91. The normalized spacial score (nSPS) is 13.2. The number of quaternary nitrogens is 1. The van der Waals surface area contributed by atoms with Gasteiger partial charge in [-0.2, -0.15) is 0 Å². The summed E-state index contributed by atoms with van der Waals surface area (Å²) in [6.07, 6.45) is -0.112. The highest BCUT2D eigenvalue weighted by atomic mass is 16.4. The number of hydrogen-bond acceptors (Lipinski definition) is 2. The quantitative estimate of drug-likeness (QED) is 0.299. The average molecular weight is 187 g/mol. The molecule has 13 heavy (non-hydrogen) atoms. The second kappa shape index (κ2) is 4.69. The first-order chi connectivity index (χ1) is 5.85. The van der Waals surface area contributed by atoms with Crippen LogP contribution in [0.25, 0.3) is 10.4 Å². The Labute approximate surface area is 77.0 Å². The van der Waals surface area contributed by atoms with Crippen molar-refractivity contribution < 1.29 is 14.4 Å². The van der Waals surface area contributed by atoms with Gasteiger partial charge in [-0.15, -0.1) is 0 Å². The van der Waals surface area contributed by atoms with Gasteiger partial charge in [-0.1, -0.05) is 5.11 Å². The maximum atomic E-state index is 10.4. The lowest BCUT2D eigenvalue weighted by Crippen LogP contribution is -2.41. The fourth-order valence-corrected chi connectivity index (χ4v) is 1.05. The highest BCUT2D eigenvalue weighted by Gasteiger charge is 2.19. The molecule has 0 saturated heterocycles. The molecular weight excluding hydrogens is 172 g/mol. The van der Waals surface area contributed by atoms with Crippen LogP contribution in [-0.4, -0.2) is 49.3 Å². The highest BCUT2D eigenvalue weighted by molar-refractivity contribution is 5.67. The molecule has 74 valence electrons. The molecule has 1 N–H and O–H groups in total. The third kappa shape index (κ3) is 7.11. The van der Waals surface area contributed by atoms with E-state index < -0.39 is 12.0 Å². The molecule has 0 aliphatic carbocycles. The van der Waals surface area contributed by atoms with Crippen LogP contribution in [0.2, 0.25) is 0 Å². The lowest BCUT2D eigenvalue weighted by atomic mass is 10.2. The Hall–Kier alpha value is -1.26. The smallest absolute Gasteiger partial charge is 0.303 e. The van der Waals surface area contributed by atoms with Gasteiger partial charge in [0, 0.05) is 4.91 Å². The topological polar surface area (TPSA) is 86.1 Å². The number of hydrogen-bond donors (Lipinski definition) is 1.